The molecule has 0 aromatic heterocycles. The molecule has 3 heteroatoms. The normalized spacial score (nSPS) is 9.23. The van der Waals surface area contributed by atoms with Crippen LogP contribution in [0.25, 0.3) is 0 Å². The summed E-state index contributed by atoms with van der Waals surface area (Å²) in [4.78, 5) is 0. The molecule has 0 saturated heterocycles. The van der Waals surface area contributed by atoms with E-state index in [2.05, 4.69) is 91.0 Å². The Morgan fingerprint density at radius 2 is 0.727 bits per heavy atom. The molecular formula is C19H16INSb-. The predicted octanol–water partition coefficient (Wildman–Crippen LogP) is 2.92. The van der Waals surface area contributed by atoms with Crippen molar-refractivity contribution in [2.75, 3.05) is 0 Å². The van der Waals surface area contributed by atoms with Crippen molar-refractivity contribution in [3.63, 3.8) is 0 Å². The first-order valence-electron chi connectivity index (χ1n) is 6.63. The Morgan fingerprint density at radius 1 is 0.500 bits per heavy atom. The van der Waals surface area contributed by atoms with Crippen LogP contribution < -0.4 is 10.5 Å². The van der Waals surface area contributed by atoms with Gasteiger partial charge in [0.25, 0.3) is 0 Å². The second-order valence-corrected chi connectivity index (χ2v) is 10.7. The molecule has 22 heavy (non-hydrogen) atoms. The van der Waals surface area contributed by atoms with Crippen LogP contribution in [-0.2, 0) is 0 Å². The minimum absolute atomic E-state index is 0. The van der Waals surface area contributed by atoms with Gasteiger partial charge in [0.15, 0.2) is 0 Å². The Kier molecular flexibility index (Phi) is 8.89. The van der Waals surface area contributed by atoms with E-state index in [0.717, 1.165) is 0 Å². The summed E-state index contributed by atoms with van der Waals surface area (Å²) in [5.41, 5.74) is 0. The van der Waals surface area contributed by atoms with E-state index in [0.29, 0.717) is 0 Å². The van der Waals surface area contributed by atoms with Gasteiger partial charge in [-0.1, -0.05) is 0 Å². The number of rotatable bonds is 3. The maximum atomic E-state index is 6.25. The quantitative estimate of drug-likeness (QED) is 0.304. The second-order valence-electron chi connectivity index (χ2n) is 4.34. The zero-order chi connectivity index (χ0) is 14.9. The van der Waals surface area contributed by atoms with Crippen molar-refractivity contribution in [2.24, 2.45) is 0 Å². The molecule has 0 heterocycles. The first-order valence-corrected chi connectivity index (χ1v) is 10.5. The third-order valence-electron chi connectivity index (χ3n) is 3.04. The molecule has 3 aromatic carbocycles. The maximum absolute atomic E-state index is 6.25. The molecule has 0 saturated carbocycles. The molecule has 0 spiro atoms. The van der Waals surface area contributed by atoms with Gasteiger partial charge in [-0.2, -0.15) is 0 Å². The van der Waals surface area contributed by atoms with Gasteiger partial charge in [0.05, 0.1) is 0 Å². The van der Waals surface area contributed by atoms with Crippen molar-refractivity contribution in [2.45, 2.75) is 0 Å². The summed E-state index contributed by atoms with van der Waals surface area (Å²) >= 11 is -1.83. The topological polar surface area (TPSA) is 23.8 Å². The van der Waals surface area contributed by atoms with Crippen LogP contribution in [-0.4, -0.2) is 20.2 Å². The molecule has 0 amide bonds. The molecule has 110 valence electrons. The van der Waals surface area contributed by atoms with E-state index in [1.165, 1.54) is 10.5 Å². The van der Waals surface area contributed by atoms with Gasteiger partial charge in [-0.25, -0.2) is 0 Å². The van der Waals surface area contributed by atoms with Crippen LogP contribution >= 0.6 is 24.0 Å². The van der Waals surface area contributed by atoms with Gasteiger partial charge in [-0.15, -0.1) is 24.0 Å². The van der Waals surface area contributed by atoms with E-state index in [1.54, 1.807) is 0 Å². The fourth-order valence-corrected chi connectivity index (χ4v) is 8.76. The van der Waals surface area contributed by atoms with Gasteiger partial charge in [-0.05, 0) is 0 Å². The summed E-state index contributed by atoms with van der Waals surface area (Å²) in [5.74, 6) is 0. The predicted molar refractivity (Wildman–Crippen MR) is 104 cm³/mol. The summed E-state index contributed by atoms with van der Waals surface area (Å²) in [6.45, 7) is 4.75. The standard InChI is InChI=1S/3C6H5.CN.HI.Sb/c3*1-2-4-6-5-3-1;1-2;;/h3*1-5H;;1H;/q;;;-1;;. The number of hydrogen-bond donors (Lipinski definition) is 0. The summed E-state index contributed by atoms with van der Waals surface area (Å²) in [7, 11) is 0. The van der Waals surface area contributed by atoms with Crippen molar-refractivity contribution in [3.05, 3.63) is 97.6 Å². The molecule has 0 atom stereocenters. The van der Waals surface area contributed by atoms with Gasteiger partial charge >= 0.3 is 122 Å². The van der Waals surface area contributed by atoms with Crippen LogP contribution in [0.15, 0.2) is 91.0 Å². The molecule has 0 radical (unpaired) electrons. The van der Waals surface area contributed by atoms with Crippen LogP contribution in [0.5, 0.6) is 0 Å². The van der Waals surface area contributed by atoms with Crippen molar-refractivity contribution >= 4 is 54.7 Å². The molecule has 0 aliphatic carbocycles. The molecule has 0 aliphatic rings. The van der Waals surface area contributed by atoms with Gasteiger partial charge in [0.2, 0.25) is 0 Å². The van der Waals surface area contributed by atoms with Crippen LogP contribution in [0.1, 0.15) is 0 Å². The molecular weight excluding hydrogens is 491 g/mol. The van der Waals surface area contributed by atoms with Gasteiger partial charge in [-0.3, -0.25) is 0 Å². The fraction of sp³-hybridized carbons (Fsp3) is 0. The average molecular weight is 507 g/mol. The van der Waals surface area contributed by atoms with Gasteiger partial charge in [0, 0.05) is 0 Å². The fourth-order valence-electron chi connectivity index (χ4n) is 2.18. The molecule has 0 N–H and O–H groups in total. The van der Waals surface area contributed by atoms with E-state index in [-0.39, 0.29) is 24.0 Å². The van der Waals surface area contributed by atoms with E-state index in [1.807, 2.05) is 0 Å². The van der Waals surface area contributed by atoms with Gasteiger partial charge < -0.3 is 11.8 Å². The third-order valence-corrected chi connectivity index (χ3v) is 10.0. The first-order chi connectivity index (χ1) is 10.4. The summed E-state index contributed by atoms with van der Waals surface area (Å²) in [6, 6.07) is 32.9. The summed E-state index contributed by atoms with van der Waals surface area (Å²) in [5, 5.41) is 6.25. The van der Waals surface area contributed by atoms with Crippen molar-refractivity contribution in [1.29, 1.82) is 5.26 Å². The molecule has 0 fully saturated rings. The molecule has 0 unspecified atom stereocenters. The Bertz CT molecular complexity index is 575. The zero-order valence-electron chi connectivity index (χ0n) is 12.0. The van der Waals surface area contributed by atoms with E-state index >= 15 is 0 Å². The summed E-state index contributed by atoms with van der Waals surface area (Å²) < 4.78 is 4.55. The molecule has 3 rings (SSSR count). The Hall–Kier alpha value is -1.30. The molecule has 0 aliphatic heterocycles. The Labute approximate surface area is 156 Å². The van der Waals surface area contributed by atoms with Crippen molar-refractivity contribution in [1.82, 2.24) is 0 Å². The van der Waals surface area contributed by atoms with Crippen LogP contribution in [0.3, 0.4) is 0 Å². The SMILES string of the molecule is I.[C-]#N.c1cc[c]([Sb]([c]2ccccc2)[c]2ccccc2)cc1. The number of halogens is 1. The Morgan fingerprint density at radius 3 is 0.955 bits per heavy atom. The zero-order valence-corrected chi connectivity index (χ0v) is 16.8. The molecule has 1 nitrogen and oxygen atoms in total. The van der Waals surface area contributed by atoms with Crippen LogP contribution in [0, 0.1) is 11.8 Å². The van der Waals surface area contributed by atoms with Crippen LogP contribution in [0.4, 0.5) is 0 Å². The average Bonchev–Trinajstić information content (AvgIpc) is 2.60. The van der Waals surface area contributed by atoms with Crippen molar-refractivity contribution < 1.29 is 0 Å². The van der Waals surface area contributed by atoms with E-state index < -0.39 is 20.2 Å². The molecule has 3 aromatic rings. The monoisotopic (exact) mass is 506 g/mol. The van der Waals surface area contributed by atoms with E-state index in [9.17, 15) is 0 Å². The van der Waals surface area contributed by atoms with Crippen LogP contribution in [0.2, 0.25) is 0 Å². The minimum atomic E-state index is -1.83. The number of nitrogens with zero attached hydrogens (tertiary/aromatic N) is 1. The van der Waals surface area contributed by atoms with E-state index in [4.69, 9.17) is 11.8 Å². The first kappa shape index (κ1) is 18.7. The Balaban J connectivity index is 0.000000775. The second kappa shape index (κ2) is 10.4. The number of hydrogen-bond acceptors (Lipinski definition) is 1. The van der Waals surface area contributed by atoms with Crippen molar-refractivity contribution in [3.8, 4) is 0 Å². The molecule has 0 bridgehead atoms. The third kappa shape index (κ3) is 4.86. The summed E-state index contributed by atoms with van der Waals surface area (Å²) in [6.07, 6.45) is 0. The van der Waals surface area contributed by atoms with Gasteiger partial charge in [0.1, 0.15) is 0 Å². The number of benzene rings is 3.